The first-order chi connectivity index (χ1) is 15.2. The Balaban J connectivity index is 1.57. The molecule has 1 aromatic heterocycles. The number of rotatable bonds is 7. The largest absolute Gasteiger partial charge is 0.493 e. The van der Waals surface area contributed by atoms with Crippen LogP contribution >= 0.6 is 0 Å². The zero-order valence-electron chi connectivity index (χ0n) is 17.0. The minimum atomic E-state index is -0.500. The van der Waals surface area contributed by atoms with Gasteiger partial charge in [0.15, 0.2) is 0 Å². The van der Waals surface area contributed by atoms with Crippen molar-refractivity contribution in [2.24, 2.45) is 16.6 Å². The number of nitrogens with one attached hydrogen (secondary N) is 1. The molecule has 1 unspecified atom stereocenters. The number of aromatic nitrogens is 2. The van der Waals surface area contributed by atoms with Crippen LogP contribution in [0.2, 0.25) is 0 Å². The molecule has 3 N–H and O–H groups in total. The molecule has 7 nitrogen and oxygen atoms in total. The van der Waals surface area contributed by atoms with Crippen LogP contribution in [0.15, 0.2) is 59.6 Å². The molecule has 0 bridgehead atoms. The molecule has 0 radical (unpaired) electrons. The molecule has 2 aromatic carbocycles. The molecule has 156 valence electrons. The molecule has 1 aliphatic carbocycles. The van der Waals surface area contributed by atoms with Crippen molar-refractivity contribution in [1.82, 2.24) is 9.97 Å². The molecule has 1 atom stereocenters. The molecule has 31 heavy (non-hydrogen) atoms. The van der Waals surface area contributed by atoms with E-state index in [-0.39, 0.29) is 5.92 Å². The van der Waals surface area contributed by atoms with Gasteiger partial charge in [0.1, 0.15) is 17.4 Å². The van der Waals surface area contributed by atoms with E-state index in [0.29, 0.717) is 35.4 Å². The second-order valence-electron chi connectivity index (χ2n) is 7.90. The van der Waals surface area contributed by atoms with Gasteiger partial charge in [-0.05, 0) is 55.2 Å². The quantitative estimate of drug-likeness (QED) is 0.610. The predicted molar refractivity (Wildman–Crippen MR) is 121 cm³/mol. The number of carbonyl (C=O) groups excluding carboxylic acids is 1. The Bertz CT molecular complexity index is 1200. The molecule has 1 aliphatic heterocycles. The molecule has 0 saturated heterocycles. The molecule has 3 aromatic rings. The Labute approximate surface area is 180 Å². The van der Waals surface area contributed by atoms with Crippen molar-refractivity contribution < 1.29 is 9.53 Å². The van der Waals surface area contributed by atoms with Crippen LogP contribution in [0.5, 0.6) is 5.75 Å². The number of hydrogen-bond donors (Lipinski definition) is 2. The summed E-state index contributed by atoms with van der Waals surface area (Å²) in [5.74, 6) is 2.21. The lowest BCUT2D eigenvalue weighted by atomic mass is 10.1. The number of dihydropyridines is 1. The van der Waals surface area contributed by atoms with E-state index < -0.39 is 5.91 Å². The average Bonchev–Trinajstić information content (AvgIpc) is 3.63. The van der Waals surface area contributed by atoms with Crippen LogP contribution in [-0.2, 0) is 0 Å². The summed E-state index contributed by atoms with van der Waals surface area (Å²) in [6, 6.07) is 13.0. The first kappa shape index (κ1) is 19.2. The van der Waals surface area contributed by atoms with Crippen LogP contribution in [0.3, 0.4) is 0 Å². The average molecular weight is 413 g/mol. The van der Waals surface area contributed by atoms with E-state index in [1.165, 1.54) is 12.8 Å². The summed E-state index contributed by atoms with van der Waals surface area (Å²) in [6.07, 6.45) is 8.19. The van der Waals surface area contributed by atoms with Gasteiger partial charge in [-0.2, -0.15) is 0 Å². The van der Waals surface area contributed by atoms with Gasteiger partial charge in [0.2, 0.25) is 0 Å². The van der Waals surface area contributed by atoms with Gasteiger partial charge in [0.05, 0.1) is 35.8 Å². The Morgan fingerprint density at radius 1 is 1.16 bits per heavy atom. The Kier molecular flexibility index (Phi) is 5.08. The number of nitrogens with two attached hydrogens (primary N) is 1. The van der Waals surface area contributed by atoms with Gasteiger partial charge in [0.25, 0.3) is 5.91 Å². The lowest BCUT2D eigenvalue weighted by Crippen LogP contribution is -2.14. The second-order valence-corrected chi connectivity index (χ2v) is 7.90. The van der Waals surface area contributed by atoms with E-state index in [2.05, 4.69) is 10.3 Å². The number of benzene rings is 2. The van der Waals surface area contributed by atoms with Crippen LogP contribution in [0.1, 0.15) is 34.9 Å². The maximum absolute atomic E-state index is 11.9. The fourth-order valence-corrected chi connectivity index (χ4v) is 3.56. The van der Waals surface area contributed by atoms with E-state index in [4.69, 9.17) is 20.4 Å². The SMILES string of the molecule is NC(=O)c1ccccc1Nc1nc(C2C=CC=NC2)nc2ccc(OCC3CC3)cc12. The molecule has 0 spiro atoms. The van der Waals surface area contributed by atoms with E-state index in [1.54, 1.807) is 18.3 Å². The van der Waals surface area contributed by atoms with Crippen molar-refractivity contribution in [3.63, 3.8) is 0 Å². The highest BCUT2D eigenvalue weighted by molar-refractivity contribution is 6.00. The zero-order valence-corrected chi connectivity index (χ0v) is 17.0. The predicted octanol–water partition coefficient (Wildman–Crippen LogP) is 3.99. The van der Waals surface area contributed by atoms with Gasteiger partial charge in [-0.15, -0.1) is 0 Å². The molecule has 5 rings (SSSR count). The summed E-state index contributed by atoms with van der Waals surface area (Å²) in [5.41, 5.74) is 7.37. The number of nitrogens with zero attached hydrogens (tertiary/aromatic N) is 3. The van der Waals surface area contributed by atoms with E-state index >= 15 is 0 Å². The Morgan fingerprint density at radius 2 is 2.03 bits per heavy atom. The Morgan fingerprint density at radius 3 is 2.81 bits per heavy atom. The van der Waals surface area contributed by atoms with Gasteiger partial charge < -0.3 is 15.8 Å². The molecular weight excluding hydrogens is 390 g/mol. The number of para-hydroxylation sites is 1. The maximum Gasteiger partial charge on any atom is 0.250 e. The van der Waals surface area contributed by atoms with Crippen LogP contribution in [-0.4, -0.2) is 35.2 Å². The molecule has 1 amide bonds. The minimum Gasteiger partial charge on any atom is -0.493 e. The summed E-state index contributed by atoms with van der Waals surface area (Å²) in [6.45, 7) is 1.32. The molecule has 2 aliphatic rings. The highest BCUT2D eigenvalue weighted by Crippen LogP contribution is 2.33. The first-order valence-electron chi connectivity index (χ1n) is 10.4. The lowest BCUT2D eigenvalue weighted by Gasteiger charge is -2.17. The van der Waals surface area contributed by atoms with E-state index in [0.717, 1.165) is 23.3 Å². The number of aliphatic imine (C=N–C) groups is 1. The van der Waals surface area contributed by atoms with Crippen LogP contribution in [0.25, 0.3) is 10.9 Å². The smallest absolute Gasteiger partial charge is 0.250 e. The summed E-state index contributed by atoms with van der Waals surface area (Å²) in [4.78, 5) is 25.8. The third-order valence-corrected chi connectivity index (χ3v) is 5.48. The molecular formula is C24H23N5O2. The maximum atomic E-state index is 11.9. The van der Waals surface area contributed by atoms with Crippen LogP contribution in [0.4, 0.5) is 11.5 Å². The van der Waals surface area contributed by atoms with Crippen molar-refractivity contribution in [2.75, 3.05) is 18.5 Å². The summed E-state index contributed by atoms with van der Waals surface area (Å²) in [5, 5.41) is 4.13. The normalized spacial score (nSPS) is 17.6. The van der Waals surface area contributed by atoms with Gasteiger partial charge >= 0.3 is 0 Å². The highest BCUT2D eigenvalue weighted by atomic mass is 16.5. The van der Waals surface area contributed by atoms with E-state index in [1.807, 2.05) is 42.5 Å². The van der Waals surface area contributed by atoms with Gasteiger partial charge in [0, 0.05) is 11.6 Å². The van der Waals surface area contributed by atoms with Crippen LogP contribution < -0.4 is 15.8 Å². The van der Waals surface area contributed by atoms with Gasteiger partial charge in [-0.3, -0.25) is 9.79 Å². The second kappa shape index (κ2) is 8.18. The number of anilines is 2. The number of amides is 1. The van der Waals surface area contributed by atoms with Gasteiger partial charge in [-0.25, -0.2) is 9.97 Å². The fourth-order valence-electron chi connectivity index (χ4n) is 3.56. The number of ether oxygens (including phenoxy) is 1. The number of carbonyl (C=O) groups is 1. The molecule has 2 heterocycles. The highest BCUT2D eigenvalue weighted by Gasteiger charge is 2.22. The molecule has 1 fully saturated rings. The van der Waals surface area contributed by atoms with E-state index in [9.17, 15) is 4.79 Å². The monoisotopic (exact) mass is 413 g/mol. The third-order valence-electron chi connectivity index (χ3n) is 5.48. The van der Waals surface area contributed by atoms with Crippen molar-refractivity contribution >= 4 is 34.5 Å². The number of fused-ring (bicyclic) bond motifs is 1. The first-order valence-corrected chi connectivity index (χ1v) is 10.4. The summed E-state index contributed by atoms with van der Waals surface area (Å²) >= 11 is 0. The molecule has 1 saturated carbocycles. The lowest BCUT2D eigenvalue weighted by molar-refractivity contribution is 0.100. The minimum absolute atomic E-state index is 0.00729. The molecule has 7 heteroatoms. The standard InChI is InChI=1S/C24H23N5O2/c25-22(30)18-5-1-2-6-20(18)28-24-19-12-17(31-14-15-7-8-15)9-10-21(19)27-23(29-24)16-4-3-11-26-13-16/h1-6,9-12,15-16H,7-8,13-14H2,(H2,25,30)(H,27,28,29). The van der Waals surface area contributed by atoms with Crippen molar-refractivity contribution in [3.8, 4) is 5.75 Å². The topological polar surface area (TPSA) is 102 Å². The fraction of sp³-hybridized carbons (Fsp3) is 0.250. The van der Waals surface area contributed by atoms with Gasteiger partial charge in [-0.1, -0.05) is 18.2 Å². The summed E-state index contributed by atoms with van der Waals surface area (Å²) in [7, 11) is 0. The van der Waals surface area contributed by atoms with Crippen LogP contribution in [0, 0.1) is 5.92 Å². The van der Waals surface area contributed by atoms with Crippen molar-refractivity contribution in [1.29, 1.82) is 0 Å². The third kappa shape index (κ3) is 4.26. The number of primary amides is 1. The Hall–Kier alpha value is -3.74. The zero-order chi connectivity index (χ0) is 21.2. The summed E-state index contributed by atoms with van der Waals surface area (Å²) < 4.78 is 5.96. The van der Waals surface area contributed by atoms with Crippen molar-refractivity contribution in [3.05, 3.63) is 66.0 Å². The number of allylic oxidation sites excluding steroid dienone is 1. The number of hydrogen-bond acceptors (Lipinski definition) is 6. The van der Waals surface area contributed by atoms with Crippen molar-refractivity contribution in [2.45, 2.75) is 18.8 Å².